The molecule has 0 unspecified atom stereocenters. The minimum absolute atomic E-state index is 0.154. The Balaban J connectivity index is 0.000000463. The monoisotopic (exact) mass is 550 g/mol. The van der Waals surface area contributed by atoms with Crippen molar-refractivity contribution in [3.63, 3.8) is 0 Å². The van der Waals surface area contributed by atoms with E-state index in [0.29, 0.717) is 41.5 Å². The summed E-state index contributed by atoms with van der Waals surface area (Å²) in [6.07, 6.45) is 0.603. The second-order valence-corrected chi connectivity index (χ2v) is 9.82. The zero-order valence-corrected chi connectivity index (χ0v) is 23.6. The number of dihydropyridines is 1. The minimum atomic E-state index is -4.43. The van der Waals surface area contributed by atoms with Crippen LogP contribution in [0.15, 0.2) is 48.7 Å². The van der Waals surface area contributed by atoms with E-state index < -0.39 is 11.7 Å². The number of nitriles is 1. The van der Waals surface area contributed by atoms with Crippen molar-refractivity contribution in [1.82, 2.24) is 10.6 Å². The highest BCUT2D eigenvalue weighted by Gasteiger charge is 2.34. The molecule has 4 N–H and O–H groups in total. The third kappa shape index (κ3) is 10.7. The highest BCUT2D eigenvalue weighted by molar-refractivity contribution is 6.32. The van der Waals surface area contributed by atoms with Gasteiger partial charge in [-0.25, -0.2) is 0 Å². The summed E-state index contributed by atoms with van der Waals surface area (Å²) in [6, 6.07) is 9.41. The van der Waals surface area contributed by atoms with E-state index in [4.69, 9.17) is 27.3 Å². The molecule has 208 valence electrons. The van der Waals surface area contributed by atoms with Gasteiger partial charge < -0.3 is 21.1 Å². The molecule has 2 aromatic carbocycles. The van der Waals surface area contributed by atoms with E-state index in [2.05, 4.69) is 31.4 Å². The van der Waals surface area contributed by atoms with Crippen LogP contribution in [-0.4, -0.2) is 26.2 Å². The molecule has 0 saturated heterocycles. The molecule has 0 radical (unpaired) electrons. The lowest BCUT2D eigenvalue weighted by atomic mass is 9.97. The quantitative estimate of drug-likeness (QED) is 0.259. The smallest absolute Gasteiger partial charge is 0.417 e. The van der Waals surface area contributed by atoms with E-state index in [9.17, 15) is 13.2 Å². The van der Waals surface area contributed by atoms with Crippen LogP contribution in [0.5, 0.6) is 5.75 Å². The van der Waals surface area contributed by atoms with Crippen molar-refractivity contribution in [2.45, 2.75) is 47.7 Å². The third-order valence-electron chi connectivity index (χ3n) is 5.18. The number of benzene rings is 2. The number of nitrogens with two attached hydrogens (primary N) is 1. The van der Waals surface area contributed by atoms with Crippen molar-refractivity contribution in [2.75, 3.05) is 32.0 Å². The van der Waals surface area contributed by atoms with Crippen molar-refractivity contribution < 1.29 is 17.9 Å². The summed E-state index contributed by atoms with van der Waals surface area (Å²) in [5.41, 5.74) is 7.62. The van der Waals surface area contributed by atoms with E-state index in [1.165, 1.54) is 6.07 Å². The second kappa shape index (κ2) is 15.3. The molecule has 0 aromatic heterocycles. The molecular formula is C29H38ClF3N4O. The van der Waals surface area contributed by atoms with Crippen LogP contribution in [0.25, 0.3) is 5.57 Å². The number of halogens is 4. The summed E-state index contributed by atoms with van der Waals surface area (Å²) in [4.78, 5) is 0. The van der Waals surface area contributed by atoms with Gasteiger partial charge in [0.1, 0.15) is 18.4 Å². The number of anilines is 1. The van der Waals surface area contributed by atoms with Crippen LogP contribution in [0.3, 0.4) is 0 Å². The largest absolute Gasteiger partial charge is 0.492 e. The molecule has 1 aliphatic heterocycles. The van der Waals surface area contributed by atoms with Crippen LogP contribution in [-0.2, 0) is 6.18 Å². The molecule has 0 bridgehead atoms. The maximum Gasteiger partial charge on any atom is 0.417 e. The molecule has 3 rings (SSSR count). The average molecular weight is 551 g/mol. The van der Waals surface area contributed by atoms with Crippen LogP contribution >= 0.6 is 11.6 Å². The lowest BCUT2D eigenvalue weighted by Crippen LogP contribution is -2.30. The maximum atomic E-state index is 13.4. The number of nitrogens with zero attached hydrogens (tertiary/aromatic N) is 1. The molecule has 0 atom stereocenters. The first-order valence-electron chi connectivity index (χ1n) is 12.4. The Morgan fingerprint density at radius 1 is 1.16 bits per heavy atom. The minimum Gasteiger partial charge on any atom is -0.492 e. The summed E-state index contributed by atoms with van der Waals surface area (Å²) in [5.74, 6) is 0.229. The van der Waals surface area contributed by atoms with E-state index in [1.807, 2.05) is 19.9 Å². The van der Waals surface area contributed by atoms with E-state index in [0.717, 1.165) is 18.2 Å². The summed E-state index contributed by atoms with van der Waals surface area (Å²) in [5, 5.41) is 15.2. The Bertz CT molecular complexity index is 1150. The van der Waals surface area contributed by atoms with Crippen LogP contribution in [0.2, 0.25) is 5.02 Å². The Hall–Kier alpha value is -3.15. The number of alkyl halides is 3. The number of ether oxygens (including phenoxy) is 1. The second-order valence-electron chi connectivity index (χ2n) is 9.45. The SMILES string of the molecule is CC.CC(C)(C)CNCCOc1ccc(C2=CCNC=C2)c(C(F)(F)F)c1.Cc1c(N)ccc(C#N)c1Cl. The van der Waals surface area contributed by atoms with Crippen molar-refractivity contribution in [2.24, 2.45) is 5.41 Å². The molecule has 5 nitrogen and oxygen atoms in total. The molecule has 0 aliphatic carbocycles. The average Bonchev–Trinajstić information content (AvgIpc) is 2.88. The van der Waals surface area contributed by atoms with Gasteiger partial charge >= 0.3 is 6.18 Å². The first kappa shape index (κ1) is 32.9. The summed E-state index contributed by atoms with van der Waals surface area (Å²) in [7, 11) is 0. The Morgan fingerprint density at radius 2 is 1.84 bits per heavy atom. The molecule has 0 fully saturated rings. The lowest BCUT2D eigenvalue weighted by molar-refractivity contribution is -0.137. The standard InChI is InChI=1S/C19H25F3N2O.C8H7ClN2.C2H6/c1-18(2,3)13-24-10-11-25-15-4-5-16(14-6-8-23-9-7-14)17(12-15)19(20,21)22;1-5-7(11)3-2-6(4-10)8(5)9;1-2/h4-8,12,23-24H,9-11,13H2,1-3H3;2-3H,11H2,1H3;1-2H3. The van der Waals surface area contributed by atoms with Crippen LogP contribution in [0.4, 0.5) is 18.9 Å². The Kier molecular flexibility index (Phi) is 13.2. The van der Waals surface area contributed by atoms with Gasteiger partial charge in [-0.3, -0.25) is 0 Å². The number of hydrogen-bond donors (Lipinski definition) is 3. The van der Waals surface area contributed by atoms with E-state index in [-0.39, 0.29) is 16.7 Å². The fraction of sp³-hybridized carbons (Fsp3) is 0.414. The number of nitrogen functional groups attached to an aromatic ring is 1. The molecule has 1 aliphatic rings. The van der Waals surface area contributed by atoms with Crippen molar-refractivity contribution in [1.29, 1.82) is 5.26 Å². The zero-order valence-electron chi connectivity index (χ0n) is 22.9. The number of allylic oxidation sites excluding steroid dienone is 2. The van der Waals surface area contributed by atoms with Gasteiger partial charge in [0.15, 0.2) is 0 Å². The molecule has 2 aromatic rings. The van der Waals surface area contributed by atoms with Gasteiger partial charge in [-0.1, -0.05) is 58.4 Å². The van der Waals surface area contributed by atoms with Gasteiger partial charge in [0.2, 0.25) is 0 Å². The normalized spacial score (nSPS) is 12.6. The highest BCUT2D eigenvalue weighted by Crippen LogP contribution is 2.37. The van der Waals surface area contributed by atoms with Crippen LogP contribution in [0, 0.1) is 23.7 Å². The molecule has 0 amide bonds. The molecule has 0 spiro atoms. The Morgan fingerprint density at radius 3 is 2.39 bits per heavy atom. The number of hydrogen-bond acceptors (Lipinski definition) is 5. The highest BCUT2D eigenvalue weighted by atomic mass is 35.5. The Labute approximate surface area is 229 Å². The molecule has 0 saturated carbocycles. The summed E-state index contributed by atoms with van der Waals surface area (Å²) in [6.45, 7) is 14.4. The topological polar surface area (TPSA) is 83.1 Å². The fourth-order valence-electron chi connectivity index (χ4n) is 3.24. The van der Waals surface area contributed by atoms with Gasteiger partial charge in [-0.15, -0.1) is 0 Å². The summed E-state index contributed by atoms with van der Waals surface area (Å²) < 4.78 is 45.8. The molecular weight excluding hydrogens is 513 g/mol. The predicted molar refractivity (Wildman–Crippen MR) is 151 cm³/mol. The fourth-order valence-corrected chi connectivity index (χ4v) is 3.46. The van der Waals surface area contributed by atoms with Gasteiger partial charge in [-0.05, 0) is 65.6 Å². The van der Waals surface area contributed by atoms with Crippen molar-refractivity contribution in [3.05, 3.63) is 76.0 Å². The maximum absolute atomic E-state index is 13.4. The molecule has 9 heteroatoms. The molecule has 1 heterocycles. The van der Waals surface area contributed by atoms with Gasteiger partial charge in [0.05, 0.1) is 16.1 Å². The zero-order chi connectivity index (χ0) is 28.9. The van der Waals surface area contributed by atoms with Gasteiger partial charge in [0.25, 0.3) is 0 Å². The summed E-state index contributed by atoms with van der Waals surface area (Å²) >= 11 is 5.80. The van der Waals surface area contributed by atoms with E-state index >= 15 is 0 Å². The lowest BCUT2D eigenvalue weighted by Gasteiger charge is -2.19. The van der Waals surface area contributed by atoms with Gasteiger partial charge in [0, 0.05) is 25.3 Å². The number of nitrogens with one attached hydrogen (secondary N) is 2. The first-order valence-corrected chi connectivity index (χ1v) is 12.8. The predicted octanol–water partition coefficient (Wildman–Crippen LogP) is 7.35. The number of rotatable bonds is 6. The first-order chi connectivity index (χ1) is 17.8. The van der Waals surface area contributed by atoms with Crippen LogP contribution < -0.4 is 21.1 Å². The molecule has 38 heavy (non-hydrogen) atoms. The van der Waals surface area contributed by atoms with E-state index in [1.54, 1.807) is 43.5 Å². The van der Waals surface area contributed by atoms with Crippen molar-refractivity contribution >= 4 is 22.9 Å². The van der Waals surface area contributed by atoms with Crippen LogP contribution in [0.1, 0.15) is 56.9 Å². The third-order valence-corrected chi connectivity index (χ3v) is 5.67. The van der Waals surface area contributed by atoms with Gasteiger partial charge in [-0.2, -0.15) is 18.4 Å². The van der Waals surface area contributed by atoms with Crippen molar-refractivity contribution in [3.8, 4) is 11.8 Å².